The standard InChI is InChI=1S/C15H15NO2/c17-15(18)14(13-8-10-16-11-9-13)7-6-12-4-2-1-3-5-12/h1-5,8-11,14H,6-7H2,(H,17,18). The predicted molar refractivity (Wildman–Crippen MR) is 69.4 cm³/mol. The lowest BCUT2D eigenvalue weighted by molar-refractivity contribution is -0.138. The number of carboxylic acid groups (broad SMARTS) is 1. The maximum absolute atomic E-state index is 11.3. The summed E-state index contributed by atoms with van der Waals surface area (Å²) in [6, 6.07) is 13.5. The minimum Gasteiger partial charge on any atom is -0.481 e. The van der Waals surface area contributed by atoms with E-state index in [4.69, 9.17) is 0 Å². The van der Waals surface area contributed by atoms with Gasteiger partial charge in [-0.05, 0) is 36.1 Å². The maximum atomic E-state index is 11.3. The van der Waals surface area contributed by atoms with E-state index in [9.17, 15) is 9.90 Å². The Morgan fingerprint density at radius 2 is 1.78 bits per heavy atom. The number of benzene rings is 1. The molecule has 0 saturated heterocycles. The second kappa shape index (κ2) is 5.96. The quantitative estimate of drug-likeness (QED) is 0.875. The number of rotatable bonds is 5. The summed E-state index contributed by atoms with van der Waals surface area (Å²) in [5, 5.41) is 9.28. The van der Waals surface area contributed by atoms with Crippen molar-refractivity contribution in [2.24, 2.45) is 0 Å². The number of nitrogens with zero attached hydrogens (tertiary/aromatic N) is 1. The summed E-state index contributed by atoms with van der Waals surface area (Å²) in [5.41, 5.74) is 1.98. The lowest BCUT2D eigenvalue weighted by Gasteiger charge is -2.12. The molecule has 0 aliphatic heterocycles. The van der Waals surface area contributed by atoms with E-state index in [0.29, 0.717) is 6.42 Å². The van der Waals surface area contributed by atoms with Crippen molar-refractivity contribution in [1.29, 1.82) is 0 Å². The summed E-state index contributed by atoms with van der Waals surface area (Å²) in [5.74, 6) is -1.25. The van der Waals surface area contributed by atoms with E-state index in [0.717, 1.165) is 17.5 Å². The molecule has 0 aliphatic rings. The molecule has 2 aromatic rings. The number of pyridine rings is 1. The van der Waals surface area contributed by atoms with Gasteiger partial charge in [0, 0.05) is 12.4 Å². The van der Waals surface area contributed by atoms with Crippen LogP contribution in [0, 0.1) is 0 Å². The summed E-state index contributed by atoms with van der Waals surface area (Å²) in [7, 11) is 0. The van der Waals surface area contributed by atoms with Crippen molar-refractivity contribution in [3.8, 4) is 0 Å². The second-order valence-corrected chi connectivity index (χ2v) is 4.20. The van der Waals surface area contributed by atoms with Gasteiger partial charge in [-0.2, -0.15) is 0 Å². The number of carbonyl (C=O) groups is 1. The van der Waals surface area contributed by atoms with Crippen molar-refractivity contribution in [2.75, 3.05) is 0 Å². The first-order valence-corrected chi connectivity index (χ1v) is 5.94. The van der Waals surface area contributed by atoms with Crippen molar-refractivity contribution in [2.45, 2.75) is 18.8 Å². The Hall–Kier alpha value is -2.16. The Balaban J connectivity index is 2.06. The van der Waals surface area contributed by atoms with E-state index in [2.05, 4.69) is 4.98 Å². The molecule has 0 radical (unpaired) electrons. The van der Waals surface area contributed by atoms with Crippen LogP contribution in [-0.2, 0) is 11.2 Å². The summed E-state index contributed by atoms with van der Waals surface area (Å²) < 4.78 is 0. The van der Waals surface area contributed by atoms with E-state index in [1.807, 2.05) is 30.3 Å². The van der Waals surface area contributed by atoms with Crippen molar-refractivity contribution < 1.29 is 9.90 Å². The van der Waals surface area contributed by atoms with Crippen LogP contribution >= 0.6 is 0 Å². The Kier molecular flexibility index (Phi) is 4.07. The molecular weight excluding hydrogens is 226 g/mol. The zero-order chi connectivity index (χ0) is 12.8. The van der Waals surface area contributed by atoms with Gasteiger partial charge in [-0.1, -0.05) is 30.3 Å². The number of hydrogen-bond acceptors (Lipinski definition) is 2. The Morgan fingerprint density at radius 1 is 1.11 bits per heavy atom. The molecule has 3 nitrogen and oxygen atoms in total. The minimum absolute atomic E-state index is 0.465. The van der Waals surface area contributed by atoms with Crippen molar-refractivity contribution in [1.82, 2.24) is 4.98 Å². The first-order valence-electron chi connectivity index (χ1n) is 5.94. The van der Waals surface area contributed by atoms with Gasteiger partial charge >= 0.3 is 5.97 Å². The average Bonchev–Trinajstić information content (AvgIpc) is 2.41. The Bertz CT molecular complexity index is 496. The summed E-state index contributed by atoms with van der Waals surface area (Å²) in [4.78, 5) is 15.2. The highest BCUT2D eigenvalue weighted by molar-refractivity contribution is 5.75. The average molecular weight is 241 g/mol. The molecule has 0 fully saturated rings. The maximum Gasteiger partial charge on any atom is 0.310 e. The number of carboxylic acids is 1. The first kappa shape index (κ1) is 12.3. The van der Waals surface area contributed by atoms with Crippen LogP contribution in [0.15, 0.2) is 54.9 Å². The molecule has 2 rings (SSSR count). The number of aliphatic carboxylic acids is 1. The predicted octanol–water partition coefficient (Wildman–Crippen LogP) is 2.88. The van der Waals surface area contributed by atoms with E-state index in [1.165, 1.54) is 0 Å². The highest BCUT2D eigenvalue weighted by atomic mass is 16.4. The third-order valence-electron chi connectivity index (χ3n) is 2.97. The molecule has 92 valence electrons. The van der Waals surface area contributed by atoms with Crippen molar-refractivity contribution in [3.63, 3.8) is 0 Å². The largest absolute Gasteiger partial charge is 0.481 e. The molecule has 1 N–H and O–H groups in total. The van der Waals surface area contributed by atoms with Gasteiger partial charge in [-0.3, -0.25) is 9.78 Å². The topological polar surface area (TPSA) is 50.2 Å². The lowest BCUT2D eigenvalue weighted by Crippen LogP contribution is -2.12. The fourth-order valence-corrected chi connectivity index (χ4v) is 1.98. The highest BCUT2D eigenvalue weighted by Gasteiger charge is 2.19. The van der Waals surface area contributed by atoms with Crippen LogP contribution in [-0.4, -0.2) is 16.1 Å². The number of aryl methyl sites for hydroxylation is 1. The zero-order valence-corrected chi connectivity index (χ0v) is 9.99. The van der Waals surface area contributed by atoms with E-state index < -0.39 is 11.9 Å². The molecule has 3 heteroatoms. The molecule has 0 amide bonds. The monoisotopic (exact) mass is 241 g/mol. The van der Waals surface area contributed by atoms with Crippen LogP contribution in [0.2, 0.25) is 0 Å². The van der Waals surface area contributed by atoms with Gasteiger partial charge < -0.3 is 5.11 Å². The van der Waals surface area contributed by atoms with E-state index in [-0.39, 0.29) is 0 Å². The second-order valence-electron chi connectivity index (χ2n) is 4.20. The smallest absolute Gasteiger partial charge is 0.310 e. The van der Waals surface area contributed by atoms with Crippen molar-refractivity contribution >= 4 is 5.97 Å². The van der Waals surface area contributed by atoms with Crippen molar-refractivity contribution in [3.05, 3.63) is 66.0 Å². The summed E-state index contributed by atoms with van der Waals surface area (Å²) in [6.07, 6.45) is 4.63. The van der Waals surface area contributed by atoms with E-state index >= 15 is 0 Å². The van der Waals surface area contributed by atoms with Crippen LogP contribution in [0.25, 0.3) is 0 Å². The Labute approximate surface area is 106 Å². The number of hydrogen-bond donors (Lipinski definition) is 1. The molecule has 1 unspecified atom stereocenters. The normalized spacial score (nSPS) is 12.0. The van der Waals surface area contributed by atoms with Gasteiger partial charge in [0.1, 0.15) is 0 Å². The molecule has 0 bridgehead atoms. The molecule has 18 heavy (non-hydrogen) atoms. The van der Waals surface area contributed by atoms with Crippen LogP contribution < -0.4 is 0 Å². The minimum atomic E-state index is -0.780. The number of aromatic nitrogens is 1. The third-order valence-corrected chi connectivity index (χ3v) is 2.97. The van der Waals surface area contributed by atoms with Gasteiger partial charge in [-0.25, -0.2) is 0 Å². The molecule has 0 saturated carbocycles. The fourth-order valence-electron chi connectivity index (χ4n) is 1.98. The molecule has 1 heterocycles. The molecule has 1 aromatic carbocycles. The molecular formula is C15H15NO2. The molecule has 0 aliphatic carbocycles. The first-order chi connectivity index (χ1) is 8.77. The van der Waals surface area contributed by atoms with E-state index in [1.54, 1.807) is 24.5 Å². The molecule has 1 aromatic heterocycles. The zero-order valence-electron chi connectivity index (χ0n) is 9.99. The van der Waals surface area contributed by atoms with Gasteiger partial charge in [0.25, 0.3) is 0 Å². The van der Waals surface area contributed by atoms with Crippen LogP contribution in [0.5, 0.6) is 0 Å². The summed E-state index contributed by atoms with van der Waals surface area (Å²) >= 11 is 0. The SMILES string of the molecule is O=C(O)C(CCc1ccccc1)c1ccncc1. The Morgan fingerprint density at radius 3 is 2.39 bits per heavy atom. The molecule has 1 atom stereocenters. The van der Waals surface area contributed by atoms with Gasteiger partial charge in [0.15, 0.2) is 0 Å². The third kappa shape index (κ3) is 3.17. The van der Waals surface area contributed by atoms with Crippen LogP contribution in [0.1, 0.15) is 23.5 Å². The van der Waals surface area contributed by atoms with Gasteiger partial charge in [0.05, 0.1) is 5.92 Å². The van der Waals surface area contributed by atoms with Gasteiger partial charge in [-0.15, -0.1) is 0 Å². The molecule has 0 spiro atoms. The van der Waals surface area contributed by atoms with Crippen LogP contribution in [0.3, 0.4) is 0 Å². The fraction of sp³-hybridized carbons (Fsp3) is 0.200. The lowest BCUT2D eigenvalue weighted by atomic mass is 9.93. The van der Waals surface area contributed by atoms with Crippen LogP contribution in [0.4, 0.5) is 0 Å². The van der Waals surface area contributed by atoms with Gasteiger partial charge in [0.2, 0.25) is 0 Å². The summed E-state index contributed by atoms with van der Waals surface area (Å²) in [6.45, 7) is 0. The highest BCUT2D eigenvalue weighted by Crippen LogP contribution is 2.21.